The van der Waals surface area contributed by atoms with Gasteiger partial charge in [0, 0.05) is 21.8 Å². The molecule has 2 aromatic rings. The number of halogens is 5. The summed E-state index contributed by atoms with van der Waals surface area (Å²) in [6, 6.07) is 9.37. The normalized spacial score (nSPS) is 11.1. The SMILES string of the molecule is O=C(Cc1c(F)cccc1Cl)Nc1cccc(C(=O)NCC(F)(F)F)c1. The third-order valence-corrected chi connectivity index (χ3v) is 3.61. The molecule has 4 nitrogen and oxygen atoms in total. The summed E-state index contributed by atoms with van der Waals surface area (Å²) in [6.45, 7) is -1.46. The molecule has 26 heavy (non-hydrogen) atoms. The molecule has 2 amide bonds. The summed E-state index contributed by atoms with van der Waals surface area (Å²) in [4.78, 5) is 23.8. The van der Waals surface area contributed by atoms with Crippen LogP contribution in [0.15, 0.2) is 42.5 Å². The minimum absolute atomic E-state index is 0.0192. The summed E-state index contributed by atoms with van der Waals surface area (Å²) >= 11 is 5.85. The van der Waals surface area contributed by atoms with Crippen LogP contribution >= 0.6 is 11.6 Å². The zero-order valence-corrected chi connectivity index (χ0v) is 13.9. The number of hydrogen-bond acceptors (Lipinski definition) is 2. The van der Waals surface area contributed by atoms with Crippen LogP contribution in [0, 0.1) is 5.82 Å². The molecule has 9 heteroatoms. The smallest absolute Gasteiger partial charge is 0.343 e. The third kappa shape index (κ3) is 5.73. The zero-order chi connectivity index (χ0) is 19.3. The predicted octanol–water partition coefficient (Wildman–Crippen LogP) is 3.95. The molecule has 2 N–H and O–H groups in total. The number of carbonyl (C=O) groups excluding carboxylic acids is 2. The molecule has 0 aliphatic rings. The van der Waals surface area contributed by atoms with Gasteiger partial charge < -0.3 is 10.6 Å². The molecule has 0 aliphatic carbocycles. The Hall–Kier alpha value is -2.61. The van der Waals surface area contributed by atoms with E-state index in [1.165, 1.54) is 42.5 Å². The second-order valence-corrected chi connectivity index (χ2v) is 5.71. The Morgan fingerprint density at radius 1 is 1.08 bits per heavy atom. The van der Waals surface area contributed by atoms with Crippen molar-refractivity contribution in [1.29, 1.82) is 0 Å². The summed E-state index contributed by atoms with van der Waals surface area (Å²) in [5.74, 6) is -2.16. The lowest BCUT2D eigenvalue weighted by molar-refractivity contribution is -0.123. The Kier molecular flexibility index (Phi) is 6.20. The lowest BCUT2D eigenvalue weighted by Crippen LogP contribution is -2.33. The van der Waals surface area contributed by atoms with E-state index in [9.17, 15) is 27.2 Å². The maximum atomic E-state index is 13.7. The Labute approximate surface area is 151 Å². The number of benzene rings is 2. The second-order valence-electron chi connectivity index (χ2n) is 5.30. The molecule has 0 aliphatic heterocycles. The number of hydrogen-bond donors (Lipinski definition) is 2. The summed E-state index contributed by atoms with van der Waals surface area (Å²) < 4.78 is 50.1. The number of carbonyl (C=O) groups is 2. The molecule has 138 valence electrons. The third-order valence-electron chi connectivity index (χ3n) is 3.26. The molecule has 0 fully saturated rings. The van der Waals surface area contributed by atoms with Gasteiger partial charge in [-0.15, -0.1) is 0 Å². The molecule has 2 rings (SSSR count). The fourth-order valence-corrected chi connectivity index (χ4v) is 2.32. The lowest BCUT2D eigenvalue weighted by Gasteiger charge is -2.10. The Morgan fingerprint density at radius 3 is 2.42 bits per heavy atom. The van der Waals surface area contributed by atoms with Gasteiger partial charge in [0.2, 0.25) is 5.91 Å². The van der Waals surface area contributed by atoms with Crippen LogP contribution in [-0.2, 0) is 11.2 Å². The number of anilines is 1. The van der Waals surface area contributed by atoms with Crippen molar-refractivity contribution in [2.75, 3.05) is 11.9 Å². The maximum Gasteiger partial charge on any atom is 0.405 e. The number of rotatable bonds is 5. The second kappa shape index (κ2) is 8.18. The van der Waals surface area contributed by atoms with Crippen molar-refractivity contribution in [3.05, 3.63) is 64.4 Å². The van der Waals surface area contributed by atoms with Gasteiger partial charge in [0.15, 0.2) is 0 Å². The average Bonchev–Trinajstić information content (AvgIpc) is 2.56. The molecule has 0 unspecified atom stereocenters. The van der Waals surface area contributed by atoms with Crippen LogP contribution in [-0.4, -0.2) is 24.5 Å². The minimum Gasteiger partial charge on any atom is -0.343 e. The van der Waals surface area contributed by atoms with Crippen molar-refractivity contribution < 1.29 is 27.2 Å². The van der Waals surface area contributed by atoms with Crippen molar-refractivity contribution in [2.24, 2.45) is 0 Å². The first-order valence-electron chi connectivity index (χ1n) is 7.33. The fourth-order valence-electron chi connectivity index (χ4n) is 2.09. The van der Waals surface area contributed by atoms with Gasteiger partial charge in [-0.05, 0) is 30.3 Å². The summed E-state index contributed by atoms with van der Waals surface area (Å²) in [7, 11) is 0. The van der Waals surface area contributed by atoms with Crippen molar-refractivity contribution in [1.82, 2.24) is 5.32 Å². The molecule has 0 heterocycles. The van der Waals surface area contributed by atoms with Gasteiger partial charge in [-0.25, -0.2) is 4.39 Å². The highest BCUT2D eigenvalue weighted by Gasteiger charge is 2.27. The van der Waals surface area contributed by atoms with E-state index in [4.69, 9.17) is 11.6 Å². The van der Waals surface area contributed by atoms with Crippen molar-refractivity contribution in [3.63, 3.8) is 0 Å². The standard InChI is InChI=1S/C17H13ClF4N2O2/c18-13-5-2-6-14(19)12(13)8-15(25)24-11-4-1-3-10(7-11)16(26)23-9-17(20,21)22/h1-7H,8-9H2,(H,23,26)(H,24,25). The van der Waals surface area contributed by atoms with Crippen LogP contribution in [0.1, 0.15) is 15.9 Å². The van der Waals surface area contributed by atoms with E-state index >= 15 is 0 Å². The molecular weight excluding hydrogens is 376 g/mol. The molecule has 0 saturated heterocycles. The van der Waals surface area contributed by atoms with Gasteiger partial charge in [-0.1, -0.05) is 23.7 Å². The topological polar surface area (TPSA) is 58.2 Å². The van der Waals surface area contributed by atoms with Gasteiger partial charge >= 0.3 is 6.18 Å². The number of nitrogens with one attached hydrogen (secondary N) is 2. The Bertz CT molecular complexity index is 804. The Morgan fingerprint density at radius 2 is 1.77 bits per heavy atom. The minimum atomic E-state index is -4.53. The highest BCUT2D eigenvalue weighted by molar-refractivity contribution is 6.31. The van der Waals surface area contributed by atoms with Gasteiger partial charge in [-0.2, -0.15) is 13.2 Å². The molecule has 0 bridgehead atoms. The molecule has 0 aromatic heterocycles. The summed E-state index contributed by atoms with van der Waals surface area (Å²) in [5.41, 5.74) is 0.142. The Balaban J connectivity index is 2.04. The first-order valence-corrected chi connectivity index (χ1v) is 7.71. The lowest BCUT2D eigenvalue weighted by atomic mass is 10.1. The van der Waals surface area contributed by atoms with E-state index in [-0.39, 0.29) is 28.3 Å². The number of amides is 2. The van der Waals surface area contributed by atoms with E-state index in [2.05, 4.69) is 5.32 Å². The van der Waals surface area contributed by atoms with Crippen LogP contribution in [0.3, 0.4) is 0 Å². The highest BCUT2D eigenvalue weighted by Crippen LogP contribution is 2.20. The molecule has 2 aromatic carbocycles. The maximum absolute atomic E-state index is 13.7. The van der Waals surface area contributed by atoms with Crippen molar-refractivity contribution in [2.45, 2.75) is 12.6 Å². The largest absolute Gasteiger partial charge is 0.405 e. The monoisotopic (exact) mass is 388 g/mol. The molecule has 0 saturated carbocycles. The van der Waals surface area contributed by atoms with E-state index in [1.54, 1.807) is 5.32 Å². The molecule has 0 radical (unpaired) electrons. The fraction of sp³-hybridized carbons (Fsp3) is 0.176. The van der Waals surface area contributed by atoms with Crippen molar-refractivity contribution >= 4 is 29.1 Å². The van der Waals surface area contributed by atoms with Gasteiger partial charge in [0.05, 0.1) is 6.42 Å². The highest BCUT2D eigenvalue weighted by atomic mass is 35.5. The number of alkyl halides is 3. The average molecular weight is 389 g/mol. The first-order chi connectivity index (χ1) is 12.2. The van der Waals surface area contributed by atoms with E-state index < -0.39 is 30.4 Å². The summed E-state index contributed by atoms with van der Waals surface area (Å²) in [5, 5.41) is 4.27. The molecular formula is C17H13ClF4N2O2. The van der Waals surface area contributed by atoms with Crippen LogP contribution < -0.4 is 10.6 Å². The van der Waals surface area contributed by atoms with Crippen molar-refractivity contribution in [3.8, 4) is 0 Å². The molecule has 0 spiro atoms. The quantitative estimate of drug-likeness (QED) is 0.762. The van der Waals surface area contributed by atoms with Crippen LogP contribution in [0.25, 0.3) is 0 Å². The predicted molar refractivity (Wildman–Crippen MR) is 88.6 cm³/mol. The summed E-state index contributed by atoms with van der Waals surface area (Å²) in [6.07, 6.45) is -4.86. The van der Waals surface area contributed by atoms with E-state index in [0.29, 0.717) is 0 Å². The first kappa shape index (κ1) is 19.7. The van der Waals surface area contributed by atoms with Crippen LogP contribution in [0.5, 0.6) is 0 Å². The van der Waals surface area contributed by atoms with Gasteiger partial charge in [0.1, 0.15) is 12.4 Å². The van der Waals surface area contributed by atoms with Gasteiger partial charge in [-0.3, -0.25) is 9.59 Å². The van der Waals surface area contributed by atoms with E-state index in [0.717, 1.165) is 0 Å². The zero-order valence-electron chi connectivity index (χ0n) is 13.2. The van der Waals surface area contributed by atoms with Crippen LogP contribution in [0.2, 0.25) is 5.02 Å². The van der Waals surface area contributed by atoms with Gasteiger partial charge in [0.25, 0.3) is 5.91 Å². The van der Waals surface area contributed by atoms with E-state index in [1.807, 2.05) is 0 Å². The molecule has 0 atom stereocenters. The van der Waals surface area contributed by atoms with Crippen LogP contribution in [0.4, 0.5) is 23.2 Å².